The Labute approximate surface area is 197 Å². The van der Waals surface area contributed by atoms with Crippen LogP contribution in [0.1, 0.15) is 119 Å². The summed E-state index contributed by atoms with van der Waals surface area (Å²) in [5.74, 6) is -0.347. The van der Waals surface area contributed by atoms with Crippen molar-refractivity contribution in [1.29, 1.82) is 0 Å². The van der Waals surface area contributed by atoms with Crippen LogP contribution in [-0.4, -0.2) is 11.9 Å². The van der Waals surface area contributed by atoms with Crippen molar-refractivity contribution in [3.63, 3.8) is 0 Å². The molecule has 0 aromatic heterocycles. The lowest BCUT2D eigenvalue weighted by Gasteiger charge is -2.11. The van der Waals surface area contributed by atoms with Crippen molar-refractivity contribution in [2.45, 2.75) is 116 Å². The van der Waals surface area contributed by atoms with E-state index >= 15 is 0 Å². The number of anilines is 1. The summed E-state index contributed by atoms with van der Waals surface area (Å²) in [6, 6.07) is 6.32. The Morgan fingerprint density at radius 3 is 1.87 bits per heavy atom. The van der Waals surface area contributed by atoms with Crippen LogP contribution in [0.25, 0.3) is 0 Å². The van der Waals surface area contributed by atoms with Gasteiger partial charge in [-0.1, -0.05) is 103 Å². The fourth-order valence-electron chi connectivity index (χ4n) is 4.34. The molecule has 0 fully saturated rings. The zero-order valence-corrected chi connectivity index (χ0v) is 20.6. The van der Waals surface area contributed by atoms with Crippen molar-refractivity contribution >= 4 is 36.4 Å². The minimum absolute atomic E-state index is 0. The summed E-state index contributed by atoms with van der Waals surface area (Å²) in [5, 5.41) is 3.57. The molecule has 30 heavy (non-hydrogen) atoms. The molecule has 1 aromatic rings. The second-order valence-corrected chi connectivity index (χ2v) is 8.67. The number of nitrogens with two attached hydrogens (primary N) is 1. The fourth-order valence-corrected chi connectivity index (χ4v) is 4.34. The van der Waals surface area contributed by atoms with Crippen LogP contribution >= 0.6 is 24.8 Å². The van der Waals surface area contributed by atoms with E-state index in [9.17, 15) is 4.79 Å². The maximum Gasteiger partial charge on any atom is 0.248 e. The molecule has 5 heteroatoms. The Morgan fingerprint density at radius 1 is 0.867 bits per heavy atom. The maximum atomic E-state index is 11.3. The molecule has 3 N–H and O–H groups in total. The van der Waals surface area contributed by atoms with Crippen molar-refractivity contribution in [2.24, 2.45) is 5.73 Å². The Bertz CT molecular complexity index is 580. The average Bonchev–Trinajstić information content (AvgIpc) is 3.10. The van der Waals surface area contributed by atoms with Gasteiger partial charge in [0.25, 0.3) is 0 Å². The van der Waals surface area contributed by atoms with E-state index in [1.807, 2.05) is 18.2 Å². The molecule has 1 atom stereocenters. The van der Waals surface area contributed by atoms with Crippen molar-refractivity contribution in [3.8, 4) is 0 Å². The van der Waals surface area contributed by atoms with Gasteiger partial charge in [0.2, 0.25) is 5.91 Å². The third-order valence-corrected chi connectivity index (χ3v) is 6.13. The first-order valence-corrected chi connectivity index (χ1v) is 11.9. The highest BCUT2D eigenvalue weighted by Gasteiger charge is 2.20. The van der Waals surface area contributed by atoms with Crippen LogP contribution in [0, 0.1) is 0 Å². The topological polar surface area (TPSA) is 55.1 Å². The Balaban J connectivity index is 0.00000420. The van der Waals surface area contributed by atoms with E-state index in [0.717, 1.165) is 12.1 Å². The van der Waals surface area contributed by atoms with Crippen molar-refractivity contribution < 1.29 is 4.79 Å². The molecule has 0 radical (unpaired) electrons. The van der Waals surface area contributed by atoms with Gasteiger partial charge in [-0.3, -0.25) is 4.79 Å². The van der Waals surface area contributed by atoms with Gasteiger partial charge in [0.05, 0.1) is 0 Å². The van der Waals surface area contributed by atoms with Crippen LogP contribution in [0.3, 0.4) is 0 Å². The quantitative estimate of drug-likeness (QED) is 0.247. The summed E-state index contributed by atoms with van der Waals surface area (Å²) < 4.78 is 0. The standard InChI is InChI=1S/C25H42N2O.2ClH/c1-2-3-4-5-6-7-8-9-10-11-12-13-14-15-16-23-19-21-17-18-22(25(26)28)20-24(21)27-23;;/h17-18,20,23,27H,2-16,19H2,1H3,(H2,26,28);2*1H. The molecule has 0 saturated heterocycles. The van der Waals surface area contributed by atoms with Gasteiger partial charge in [-0.05, 0) is 30.5 Å². The number of fused-ring (bicyclic) bond motifs is 1. The first-order chi connectivity index (χ1) is 13.7. The molecule has 1 aliphatic rings. The highest BCUT2D eigenvalue weighted by molar-refractivity contribution is 5.94. The average molecular weight is 460 g/mol. The summed E-state index contributed by atoms with van der Waals surface area (Å²) in [6.45, 7) is 2.28. The molecule has 1 amide bonds. The lowest BCUT2D eigenvalue weighted by Crippen LogP contribution is -2.15. The van der Waals surface area contributed by atoms with Gasteiger partial charge < -0.3 is 11.1 Å². The lowest BCUT2D eigenvalue weighted by atomic mass is 10.0. The molecule has 1 heterocycles. The molecule has 1 aromatic carbocycles. The van der Waals surface area contributed by atoms with Gasteiger partial charge in [-0.25, -0.2) is 0 Å². The number of amides is 1. The second kappa shape index (κ2) is 17.7. The summed E-state index contributed by atoms with van der Waals surface area (Å²) in [6.07, 6.45) is 22.0. The molecule has 1 unspecified atom stereocenters. The monoisotopic (exact) mass is 458 g/mol. The fraction of sp³-hybridized carbons (Fsp3) is 0.720. The minimum atomic E-state index is -0.347. The molecule has 0 spiro atoms. The van der Waals surface area contributed by atoms with Crippen LogP contribution in [0.5, 0.6) is 0 Å². The van der Waals surface area contributed by atoms with E-state index in [-0.39, 0.29) is 30.7 Å². The van der Waals surface area contributed by atoms with Crippen molar-refractivity contribution in [1.82, 2.24) is 0 Å². The normalized spacial score (nSPS) is 14.4. The van der Waals surface area contributed by atoms with E-state index < -0.39 is 0 Å². The van der Waals surface area contributed by atoms with E-state index in [0.29, 0.717) is 11.6 Å². The van der Waals surface area contributed by atoms with E-state index in [2.05, 4.69) is 12.2 Å². The molecular weight excluding hydrogens is 415 g/mol. The van der Waals surface area contributed by atoms with Gasteiger partial charge >= 0.3 is 0 Å². The van der Waals surface area contributed by atoms with Gasteiger partial charge in [-0.2, -0.15) is 0 Å². The third kappa shape index (κ3) is 11.5. The zero-order valence-electron chi connectivity index (χ0n) is 18.9. The molecule has 0 aliphatic carbocycles. The number of hydrogen-bond donors (Lipinski definition) is 2. The first kappa shape index (κ1) is 29.1. The molecule has 3 nitrogen and oxygen atoms in total. The Kier molecular flexibility index (Phi) is 17.2. The Hall–Kier alpha value is -0.930. The van der Waals surface area contributed by atoms with Crippen LogP contribution in [0.15, 0.2) is 18.2 Å². The number of primary amides is 1. The minimum Gasteiger partial charge on any atom is -0.382 e. The molecule has 0 bridgehead atoms. The molecular formula is C25H44Cl2N2O. The molecule has 174 valence electrons. The van der Waals surface area contributed by atoms with E-state index in [1.54, 1.807) is 0 Å². The van der Waals surface area contributed by atoms with Gasteiger partial charge in [0, 0.05) is 17.3 Å². The number of benzene rings is 1. The summed E-state index contributed by atoms with van der Waals surface area (Å²) in [4.78, 5) is 11.3. The molecule has 1 aliphatic heterocycles. The second-order valence-electron chi connectivity index (χ2n) is 8.67. The molecule has 2 rings (SSSR count). The van der Waals surface area contributed by atoms with Crippen LogP contribution in [-0.2, 0) is 6.42 Å². The van der Waals surface area contributed by atoms with Gasteiger partial charge in [0.1, 0.15) is 0 Å². The predicted octanol–water partition coefficient (Wildman–Crippen LogP) is 7.84. The predicted molar refractivity (Wildman–Crippen MR) is 135 cm³/mol. The number of carbonyl (C=O) groups is 1. The number of carbonyl (C=O) groups excluding carboxylic acids is 1. The van der Waals surface area contributed by atoms with Gasteiger partial charge in [0.15, 0.2) is 0 Å². The van der Waals surface area contributed by atoms with Crippen LogP contribution in [0.2, 0.25) is 0 Å². The van der Waals surface area contributed by atoms with Crippen LogP contribution in [0.4, 0.5) is 5.69 Å². The maximum absolute atomic E-state index is 11.3. The number of rotatable bonds is 16. The summed E-state index contributed by atoms with van der Waals surface area (Å²) in [7, 11) is 0. The SMILES string of the molecule is CCCCCCCCCCCCCCCCC1Cc2ccc(C(N)=O)cc2N1.Cl.Cl. The van der Waals surface area contributed by atoms with Crippen LogP contribution < -0.4 is 11.1 Å². The number of hydrogen-bond acceptors (Lipinski definition) is 2. The summed E-state index contributed by atoms with van der Waals surface area (Å²) >= 11 is 0. The smallest absolute Gasteiger partial charge is 0.248 e. The third-order valence-electron chi connectivity index (χ3n) is 6.13. The highest BCUT2D eigenvalue weighted by atomic mass is 35.5. The van der Waals surface area contributed by atoms with Crippen molar-refractivity contribution in [3.05, 3.63) is 29.3 Å². The lowest BCUT2D eigenvalue weighted by molar-refractivity contribution is 0.100. The molecule has 0 saturated carbocycles. The largest absolute Gasteiger partial charge is 0.382 e. The number of nitrogens with one attached hydrogen (secondary N) is 1. The number of unbranched alkanes of at least 4 members (excludes halogenated alkanes) is 13. The zero-order chi connectivity index (χ0) is 20.0. The Morgan fingerprint density at radius 2 is 1.37 bits per heavy atom. The van der Waals surface area contributed by atoms with Gasteiger partial charge in [-0.15, -0.1) is 24.8 Å². The van der Waals surface area contributed by atoms with Crippen molar-refractivity contribution in [2.75, 3.05) is 5.32 Å². The highest BCUT2D eigenvalue weighted by Crippen LogP contribution is 2.29. The summed E-state index contributed by atoms with van der Waals surface area (Å²) in [5.41, 5.74) is 8.39. The first-order valence-electron chi connectivity index (χ1n) is 11.9. The van der Waals surface area contributed by atoms with E-state index in [1.165, 1.54) is 102 Å². The number of halogens is 2. The van der Waals surface area contributed by atoms with E-state index in [4.69, 9.17) is 5.73 Å².